The van der Waals surface area contributed by atoms with Gasteiger partial charge in [0.05, 0.1) is 0 Å². The summed E-state index contributed by atoms with van der Waals surface area (Å²) in [6, 6.07) is 8.40. The Morgan fingerprint density at radius 1 is 1.27 bits per heavy atom. The number of benzene rings is 1. The molecule has 1 atom stereocenters. The van der Waals surface area contributed by atoms with Crippen LogP contribution in [-0.4, -0.2) is 11.8 Å². The second kappa shape index (κ2) is 5.01. The maximum Gasteiger partial charge on any atom is 0.0312 e. The Hall–Kier alpha value is -0.510. The van der Waals surface area contributed by atoms with Gasteiger partial charge in [-0.3, -0.25) is 0 Å². The van der Waals surface area contributed by atoms with Crippen molar-refractivity contribution < 1.29 is 0 Å². The van der Waals surface area contributed by atoms with E-state index in [1.54, 1.807) is 11.8 Å². The molecular weight excluding hydrogens is 204 g/mol. The summed E-state index contributed by atoms with van der Waals surface area (Å²) in [7, 11) is 0. The summed E-state index contributed by atoms with van der Waals surface area (Å²) in [5.41, 5.74) is 13.0. The van der Waals surface area contributed by atoms with Crippen molar-refractivity contribution in [1.29, 1.82) is 0 Å². The zero-order valence-electron chi connectivity index (χ0n) is 9.66. The molecule has 0 saturated heterocycles. The fraction of sp³-hybridized carbons (Fsp3) is 0.500. The molecule has 15 heavy (non-hydrogen) atoms. The van der Waals surface area contributed by atoms with E-state index < -0.39 is 0 Å². The van der Waals surface area contributed by atoms with Crippen LogP contribution in [0.25, 0.3) is 0 Å². The second-order valence-electron chi connectivity index (χ2n) is 4.57. The second-order valence-corrected chi connectivity index (χ2v) is 5.45. The van der Waals surface area contributed by atoms with Gasteiger partial charge in [-0.2, -0.15) is 0 Å². The van der Waals surface area contributed by atoms with Crippen molar-refractivity contribution in [2.75, 3.05) is 6.26 Å². The van der Waals surface area contributed by atoms with Crippen molar-refractivity contribution in [3.8, 4) is 0 Å². The molecule has 1 unspecified atom stereocenters. The van der Waals surface area contributed by atoms with Crippen LogP contribution in [0.15, 0.2) is 29.2 Å². The monoisotopic (exact) mass is 224 g/mol. The van der Waals surface area contributed by atoms with E-state index in [2.05, 4.69) is 30.5 Å². The Morgan fingerprint density at radius 3 is 2.20 bits per heavy atom. The molecule has 2 nitrogen and oxygen atoms in total. The van der Waals surface area contributed by atoms with Crippen LogP contribution in [0.5, 0.6) is 0 Å². The highest BCUT2D eigenvalue weighted by Crippen LogP contribution is 2.22. The molecule has 0 amide bonds. The maximum atomic E-state index is 6.09. The molecule has 0 fully saturated rings. The van der Waals surface area contributed by atoms with Crippen molar-refractivity contribution in [2.24, 2.45) is 11.5 Å². The normalized spacial score (nSPS) is 13.9. The Morgan fingerprint density at radius 2 is 1.80 bits per heavy atom. The van der Waals surface area contributed by atoms with E-state index in [1.165, 1.54) is 4.90 Å². The Bertz CT molecular complexity index is 300. The molecule has 3 heteroatoms. The molecule has 0 bridgehead atoms. The van der Waals surface area contributed by atoms with Gasteiger partial charge in [0.25, 0.3) is 0 Å². The minimum absolute atomic E-state index is 0.0286. The molecule has 1 aromatic rings. The van der Waals surface area contributed by atoms with Gasteiger partial charge in [-0.15, -0.1) is 11.8 Å². The molecule has 1 aromatic carbocycles. The molecule has 0 aromatic heterocycles. The first-order valence-electron chi connectivity index (χ1n) is 5.11. The lowest BCUT2D eigenvalue weighted by Crippen LogP contribution is -2.35. The number of hydrogen-bond donors (Lipinski definition) is 2. The van der Waals surface area contributed by atoms with E-state index in [4.69, 9.17) is 11.5 Å². The Balaban J connectivity index is 2.70. The molecule has 0 aliphatic heterocycles. The smallest absolute Gasteiger partial charge is 0.0312 e. The lowest BCUT2D eigenvalue weighted by molar-refractivity contribution is 0.429. The molecule has 84 valence electrons. The minimum atomic E-state index is -0.211. The maximum absolute atomic E-state index is 6.09. The predicted octanol–water partition coefficient (Wildman–Crippen LogP) is 2.54. The van der Waals surface area contributed by atoms with Crippen LogP contribution >= 0.6 is 11.8 Å². The van der Waals surface area contributed by atoms with Gasteiger partial charge in [-0.25, -0.2) is 0 Å². The van der Waals surface area contributed by atoms with Crippen LogP contribution in [-0.2, 0) is 0 Å². The van der Waals surface area contributed by atoms with Crippen LogP contribution in [0.1, 0.15) is 31.9 Å². The quantitative estimate of drug-likeness (QED) is 0.773. The lowest BCUT2D eigenvalue weighted by atomic mass is 9.93. The largest absolute Gasteiger partial charge is 0.325 e. The summed E-state index contributed by atoms with van der Waals surface area (Å²) in [5, 5.41) is 0. The highest BCUT2D eigenvalue weighted by Gasteiger charge is 2.17. The van der Waals surface area contributed by atoms with Crippen LogP contribution in [0.2, 0.25) is 0 Å². The number of rotatable bonds is 4. The molecule has 0 heterocycles. The topological polar surface area (TPSA) is 52.0 Å². The third-order valence-corrected chi connectivity index (χ3v) is 3.03. The Labute approximate surface area is 96.4 Å². The van der Waals surface area contributed by atoms with Crippen molar-refractivity contribution in [3.05, 3.63) is 29.8 Å². The summed E-state index contributed by atoms with van der Waals surface area (Å²) < 4.78 is 0. The third kappa shape index (κ3) is 4.24. The highest BCUT2D eigenvalue weighted by molar-refractivity contribution is 7.98. The van der Waals surface area contributed by atoms with Gasteiger partial charge in [-0.05, 0) is 44.2 Å². The first-order chi connectivity index (χ1) is 6.92. The molecule has 4 N–H and O–H groups in total. The van der Waals surface area contributed by atoms with Crippen molar-refractivity contribution in [3.63, 3.8) is 0 Å². The zero-order chi connectivity index (χ0) is 11.5. The third-order valence-electron chi connectivity index (χ3n) is 2.29. The van der Waals surface area contributed by atoms with Gasteiger partial charge >= 0.3 is 0 Å². The lowest BCUT2D eigenvalue weighted by Gasteiger charge is -2.23. The molecule has 0 aliphatic rings. The molecule has 0 saturated carbocycles. The fourth-order valence-electron chi connectivity index (χ4n) is 1.54. The van der Waals surface area contributed by atoms with E-state index in [9.17, 15) is 0 Å². The van der Waals surface area contributed by atoms with E-state index in [0.717, 1.165) is 12.0 Å². The highest BCUT2D eigenvalue weighted by atomic mass is 32.2. The van der Waals surface area contributed by atoms with E-state index in [1.807, 2.05) is 13.8 Å². The van der Waals surface area contributed by atoms with Crippen LogP contribution in [0, 0.1) is 0 Å². The molecule has 0 aliphatic carbocycles. The van der Waals surface area contributed by atoms with Crippen LogP contribution in [0.4, 0.5) is 0 Å². The van der Waals surface area contributed by atoms with Crippen molar-refractivity contribution in [1.82, 2.24) is 0 Å². The molecular formula is C12H20N2S. The predicted molar refractivity (Wildman–Crippen MR) is 68.0 cm³/mol. The minimum Gasteiger partial charge on any atom is -0.325 e. The zero-order valence-corrected chi connectivity index (χ0v) is 10.5. The molecule has 0 spiro atoms. The average Bonchev–Trinajstić information content (AvgIpc) is 2.15. The first kappa shape index (κ1) is 12.6. The number of nitrogens with two attached hydrogens (primary N) is 2. The summed E-state index contributed by atoms with van der Waals surface area (Å²) in [6.45, 7) is 4.01. The Kier molecular flexibility index (Phi) is 4.20. The van der Waals surface area contributed by atoms with Crippen LogP contribution < -0.4 is 11.5 Å². The van der Waals surface area contributed by atoms with Crippen molar-refractivity contribution >= 4 is 11.8 Å². The molecule has 0 radical (unpaired) electrons. The molecule has 1 rings (SSSR count). The van der Waals surface area contributed by atoms with E-state index >= 15 is 0 Å². The summed E-state index contributed by atoms with van der Waals surface area (Å²) in [6.07, 6.45) is 2.86. The number of thioether (sulfide) groups is 1. The van der Waals surface area contributed by atoms with E-state index in [0.29, 0.717) is 0 Å². The van der Waals surface area contributed by atoms with E-state index in [-0.39, 0.29) is 11.6 Å². The van der Waals surface area contributed by atoms with Gasteiger partial charge < -0.3 is 11.5 Å². The van der Waals surface area contributed by atoms with Crippen LogP contribution in [0.3, 0.4) is 0 Å². The van der Waals surface area contributed by atoms with Gasteiger partial charge in [-0.1, -0.05) is 12.1 Å². The van der Waals surface area contributed by atoms with Gasteiger partial charge in [0.15, 0.2) is 0 Å². The first-order valence-corrected chi connectivity index (χ1v) is 6.33. The fourth-order valence-corrected chi connectivity index (χ4v) is 1.94. The SMILES string of the molecule is CSc1ccc(C(N)CC(C)(C)N)cc1. The summed E-state index contributed by atoms with van der Waals surface area (Å²) in [5.74, 6) is 0. The van der Waals surface area contributed by atoms with Gasteiger partial charge in [0, 0.05) is 16.5 Å². The number of hydrogen-bond acceptors (Lipinski definition) is 3. The van der Waals surface area contributed by atoms with Crippen molar-refractivity contribution in [2.45, 2.75) is 36.7 Å². The standard InChI is InChI=1S/C12H20N2S/c1-12(2,14)8-11(13)9-4-6-10(15-3)7-5-9/h4-7,11H,8,13-14H2,1-3H3. The summed E-state index contributed by atoms with van der Waals surface area (Å²) >= 11 is 1.74. The average molecular weight is 224 g/mol. The summed E-state index contributed by atoms with van der Waals surface area (Å²) in [4.78, 5) is 1.26. The van der Waals surface area contributed by atoms with Gasteiger partial charge in [0.2, 0.25) is 0 Å². The van der Waals surface area contributed by atoms with Gasteiger partial charge in [0.1, 0.15) is 0 Å².